The van der Waals surface area contributed by atoms with Gasteiger partial charge < -0.3 is 0 Å². The first kappa shape index (κ1) is 26.4. The van der Waals surface area contributed by atoms with E-state index in [1.165, 1.54) is 0 Å². The summed E-state index contributed by atoms with van der Waals surface area (Å²) < 4.78 is 0. The van der Waals surface area contributed by atoms with Gasteiger partial charge in [0.05, 0.1) is 22.5 Å². The summed E-state index contributed by atoms with van der Waals surface area (Å²) in [5.74, 6) is 6.77. The molecule has 0 N–H and O–H groups in total. The topological polar surface area (TPSA) is 24.7 Å². The van der Waals surface area contributed by atoms with Gasteiger partial charge in [0.25, 0.3) is 0 Å². The Bertz CT molecular complexity index is 1680. The Morgan fingerprint density at radius 1 is 0.310 bits per heavy atom. The molecule has 2 heteroatoms. The molecule has 0 spiro atoms. The standard InChI is InChI=1S/C40H28N2/c1-5-17-31(18-6-1)37(32-19-7-2-8-20-32)29-41-39-27-15-13-25-35(39)36-26-14-16-28-40(36)42-30-38(33-21-9-3-10-22-33)34-23-11-4-12-24-34/h1-28H. The largest absolute Gasteiger partial charge is 0.205 e. The van der Waals surface area contributed by atoms with Crippen molar-refractivity contribution in [3.05, 3.63) is 192 Å². The fourth-order valence-electron chi connectivity index (χ4n) is 4.84. The van der Waals surface area contributed by atoms with E-state index in [1.807, 2.05) is 109 Å². The molecule has 0 saturated carbocycles. The van der Waals surface area contributed by atoms with E-state index in [0.717, 1.165) is 55.9 Å². The fraction of sp³-hybridized carbons (Fsp3) is 0. The molecule has 0 bridgehead atoms. The molecule has 6 rings (SSSR count). The molecule has 0 aromatic heterocycles. The second-order valence-corrected chi connectivity index (χ2v) is 9.70. The summed E-state index contributed by atoms with van der Waals surface area (Å²) in [4.78, 5) is 9.83. The highest BCUT2D eigenvalue weighted by Crippen LogP contribution is 2.36. The molecule has 2 nitrogen and oxygen atoms in total. The summed E-state index contributed by atoms with van der Waals surface area (Å²) in [7, 11) is 0. The molecule has 0 heterocycles. The molecule has 0 aliphatic rings. The van der Waals surface area contributed by atoms with Crippen molar-refractivity contribution in [1.82, 2.24) is 0 Å². The van der Waals surface area contributed by atoms with Gasteiger partial charge in [0.2, 0.25) is 0 Å². The van der Waals surface area contributed by atoms with Crippen LogP contribution in [0, 0.1) is 0 Å². The van der Waals surface area contributed by atoms with Crippen LogP contribution in [-0.4, -0.2) is 11.7 Å². The fourth-order valence-corrected chi connectivity index (χ4v) is 4.84. The van der Waals surface area contributed by atoms with Crippen LogP contribution in [0.5, 0.6) is 0 Å². The third kappa shape index (κ3) is 6.17. The molecule has 0 fully saturated rings. The lowest BCUT2D eigenvalue weighted by molar-refractivity contribution is 1.48. The average molecular weight is 537 g/mol. The van der Waals surface area contributed by atoms with Crippen LogP contribution in [0.15, 0.2) is 180 Å². The summed E-state index contributed by atoms with van der Waals surface area (Å²) in [5.41, 5.74) is 9.73. The number of nitrogens with zero attached hydrogens (tertiary/aromatic N) is 2. The van der Waals surface area contributed by atoms with Gasteiger partial charge in [-0.15, -0.1) is 0 Å². The minimum absolute atomic E-state index is 0.819. The number of aliphatic imine (C=N–C) groups is 2. The van der Waals surface area contributed by atoms with E-state index in [9.17, 15) is 0 Å². The van der Waals surface area contributed by atoms with E-state index in [0.29, 0.717) is 0 Å². The zero-order valence-corrected chi connectivity index (χ0v) is 23.1. The van der Waals surface area contributed by atoms with E-state index in [4.69, 9.17) is 9.98 Å². The molecule has 0 amide bonds. The molecule has 198 valence electrons. The minimum atomic E-state index is 0.819. The smallest absolute Gasteiger partial charge is 0.0809 e. The van der Waals surface area contributed by atoms with Crippen molar-refractivity contribution < 1.29 is 0 Å². The van der Waals surface area contributed by atoms with Crippen molar-refractivity contribution in [3.63, 3.8) is 0 Å². The summed E-state index contributed by atoms with van der Waals surface area (Å²) in [6.07, 6.45) is 0. The van der Waals surface area contributed by atoms with Gasteiger partial charge in [-0.3, -0.25) is 0 Å². The van der Waals surface area contributed by atoms with Crippen LogP contribution in [0.25, 0.3) is 22.3 Å². The van der Waals surface area contributed by atoms with Crippen LogP contribution in [0.1, 0.15) is 22.3 Å². The Balaban J connectivity index is 1.48. The Hall–Kier alpha value is -5.78. The highest BCUT2D eigenvalue weighted by Gasteiger charge is 2.10. The first-order valence-electron chi connectivity index (χ1n) is 13.9. The Kier molecular flexibility index (Phi) is 8.22. The SMILES string of the molecule is C(=Nc1ccccc1-c1ccccc1N=C=C(c1ccccc1)c1ccccc1)=C(c1ccccc1)c1ccccc1. The van der Waals surface area contributed by atoms with Crippen LogP contribution >= 0.6 is 0 Å². The first-order chi connectivity index (χ1) is 20.9. The molecule has 0 unspecified atom stereocenters. The Morgan fingerprint density at radius 3 is 0.881 bits per heavy atom. The zero-order valence-electron chi connectivity index (χ0n) is 23.1. The summed E-state index contributed by atoms with van der Waals surface area (Å²) >= 11 is 0. The molecule has 0 saturated heterocycles. The maximum absolute atomic E-state index is 4.91. The summed E-state index contributed by atoms with van der Waals surface area (Å²) in [6, 6.07) is 57.3. The Morgan fingerprint density at radius 2 is 0.571 bits per heavy atom. The number of hydrogen-bond donors (Lipinski definition) is 0. The maximum Gasteiger partial charge on any atom is 0.0809 e. The van der Waals surface area contributed by atoms with Gasteiger partial charge in [-0.1, -0.05) is 158 Å². The molecule has 0 aliphatic heterocycles. The second kappa shape index (κ2) is 13.0. The molecule has 0 aliphatic carbocycles. The van der Waals surface area contributed by atoms with E-state index in [-0.39, 0.29) is 0 Å². The van der Waals surface area contributed by atoms with Gasteiger partial charge in [-0.25, -0.2) is 9.98 Å². The van der Waals surface area contributed by atoms with Gasteiger partial charge in [0.1, 0.15) is 0 Å². The third-order valence-corrected chi connectivity index (χ3v) is 6.92. The lowest BCUT2D eigenvalue weighted by atomic mass is 9.99. The van der Waals surface area contributed by atoms with Crippen LogP contribution in [-0.2, 0) is 0 Å². The molecule has 42 heavy (non-hydrogen) atoms. The molecule has 6 aromatic rings. The van der Waals surface area contributed by atoms with Crippen LogP contribution < -0.4 is 0 Å². The van der Waals surface area contributed by atoms with E-state index >= 15 is 0 Å². The van der Waals surface area contributed by atoms with Gasteiger partial charge in [0, 0.05) is 11.1 Å². The van der Waals surface area contributed by atoms with Crippen molar-refractivity contribution in [1.29, 1.82) is 0 Å². The predicted molar refractivity (Wildman–Crippen MR) is 177 cm³/mol. The van der Waals surface area contributed by atoms with E-state index in [2.05, 4.69) is 72.4 Å². The molecular formula is C40H28N2. The summed E-state index contributed by atoms with van der Waals surface area (Å²) in [6.45, 7) is 0. The van der Waals surface area contributed by atoms with Crippen molar-refractivity contribution in [2.75, 3.05) is 0 Å². The van der Waals surface area contributed by atoms with Gasteiger partial charge >= 0.3 is 0 Å². The van der Waals surface area contributed by atoms with Crippen molar-refractivity contribution in [2.24, 2.45) is 9.98 Å². The maximum atomic E-state index is 4.91. The molecule has 0 atom stereocenters. The average Bonchev–Trinajstić information content (AvgIpc) is 3.07. The second-order valence-electron chi connectivity index (χ2n) is 9.70. The van der Waals surface area contributed by atoms with Crippen LogP contribution in [0.2, 0.25) is 0 Å². The van der Waals surface area contributed by atoms with Gasteiger partial charge in [0.15, 0.2) is 0 Å². The Labute approximate surface area is 247 Å². The summed E-state index contributed by atoms with van der Waals surface area (Å²) in [5, 5.41) is 0. The lowest BCUT2D eigenvalue weighted by Gasteiger charge is -2.09. The monoisotopic (exact) mass is 536 g/mol. The van der Waals surface area contributed by atoms with Crippen molar-refractivity contribution in [2.45, 2.75) is 0 Å². The van der Waals surface area contributed by atoms with Crippen LogP contribution in [0.4, 0.5) is 11.4 Å². The van der Waals surface area contributed by atoms with E-state index < -0.39 is 0 Å². The highest BCUT2D eigenvalue weighted by molar-refractivity contribution is 6.01. The minimum Gasteiger partial charge on any atom is -0.205 e. The van der Waals surface area contributed by atoms with Gasteiger partial charge in [-0.05, 0) is 46.1 Å². The molecule has 6 aromatic carbocycles. The van der Waals surface area contributed by atoms with Crippen LogP contribution in [0.3, 0.4) is 0 Å². The number of para-hydroxylation sites is 2. The number of hydrogen-bond acceptors (Lipinski definition) is 2. The highest BCUT2D eigenvalue weighted by atomic mass is 14.7. The molecule has 0 radical (unpaired) electrons. The number of benzene rings is 6. The predicted octanol–water partition coefficient (Wildman–Crippen LogP) is 10.2. The van der Waals surface area contributed by atoms with Crippen molar-refractivity contribution >= 4 is 34.3 Å². The lowest BCUT2D eigenvalue weighted by Crippen LogP contribution is -1.89. The number of rotatable bonds is 7. The quantitative estimate of drug-likeness (QED) is 0.181. The zero-order chi connectivity index (χ0) is 28.4. The van der Waals surface area contributed by atoms with Crippen molar-refractivity contribution in [3.8, 4) is 11.1 Å². The normalized spacial score (nSPS) is 10.2. The van der Waals surface area contributed by atoms with Gasteiger partial charge in [-0.2, -0.15) is 0 Å². The first-order valence-corrected chi connectivity index (χ1v) is 13.9. The third-order valence-electron chi connectivity index (χ3n) is 6.92. The van der Waals surface area contributed by atoms with E-state index in [1.54, 1.807) is 0 Å². The molecular weight excluding hydrogens is 508 g/mol.